The SMILES string of the molecule is CC(C)(F)Oc1ccc(NC(=O)N2CCCN(Cc3ccccc3)CC2)cc1. The van der Waals surface area contributed by atoms with Crippen LogP contribution in [0.3, 0.4) is 0 Å². The molecule has 0 saturated carbocycles. The van der Waals surface area contributed by atoms with Crippen molar-refractivity contribution in [1.82, 2.24) is 9.80 Å². The van der Waals surface area contributed by atoms with Gasteiger partial charge in [0.25, 0.3) is 0 Å². The fraction of sp³-hybridized carbons (Fsp3) is 0.409. The van der Waals surface area contributed by atoms with Crippen molar-refractivity contribution >= 4 is 11.7 Å². The highest BCUT2D eigenvalue weighted by molar-refractivity contribution is 5.89. The second-order valence-corrected chi connectivity index (χ2v) is 7.52. The third-order valence-corrected chi connectivity index (χ3v) is 4.59. The summed E-state index contributed by atoms with van der Waals surface area (Å²) in [5.74, 6) is -1.31. The summed E-state index contributed by atoms with van der Waals surface area (Å²) in [6.07, 6.45) is 0.943. The number of anilines is 1. The van der Waals surface area contributed by atoms with Gasteiger partial charge in [-0.2, -0.15) is 4.39 Å². The number of hydrogen-bond acceptors (Lipinski definition) is 3. The fourth-order valence-corrected chi connectivity index (χ4v) is 3.26. The van der Waals surface area contributed by atoms with Crippen molar-refractivity contribution in [3.63, 3.8) is 0 Å². The van der Waals surface area contributed by atoms with Gasteiger partial charge in [0.05, 0.1) is 0 Å². The minimum atomic E-state index is -1.73. The lowest BCUT2D eigenvalue weighted by atomic mass is 10.2. The molecule has 28 heavy (non-hydrogen) atoms. The molecule has 0 spiro atoms. The van der Waals surface area contributed by atoms with Crippen LogP contribution in [0.2, 0.25) is 0 Å². The Morgan fingerprint density at radius 2 is 1.75 bits per heavy atom. The molecule has 1 fully saturated rings. The molecule has 0 aliphatic carbocycles. The lowest BCUT2D eigenvalue weighted by Crippen LogP contribution is -2.38. The molecular formula is C22H28FN3O2. The lowest BCUT2D eigenvalue weighted by Gasteiger charge is -2.22. The lowest BCUT2D eigenvalue weighted by molar-refractivity contribution is -0.0256. The van der Waals surface area contributed by atoms with Gasteiger partial charge in [-0.15, -0.1) is 0 Å². The molecular weight excluding hydrogens is 357 g/mol. The van der Waals surface area contributed by atoms with Crippen molar-refractivity contribution in [2.24, 2.45) is 0 Å². The van der Waals surface area contributed by atoms with Crippen LogP contribution in [0.15, 0.2) is 54.6 Å². The predicted octanol–water partition coefficient (Wildman–Crippen LogP) is 4.51. The number of nitrogens with zero attached hydrogens (tertiary/aromatic N) is 2. The maximum Gasteiger partial charge on any atom is 0.321 e. The van der Waals surface area contributed by atoms with E-state index in [0.29, 0.717) is 18.0 Å². The van der Waals surface area contributed by atoms with Gasteiger partial charge in [-0.1, -0.05) is 30.3 Å². The number of rotatable bonds is 5. The highest BCUT2D eigenvalue weighted by atomic mass is 19.2. The molecule has 2 aromatic rings. The van der Waals surface area contributed by atoms with Crippen LogP contribution < -0.4 is 10.1 Å². The maximum absolute atomic E-state index is 13.5. The summed E-state index contributed by atoms with van der Waals surface area (Å²) in [7, 11) is 0. The Bertz CT molecular complexity index is 760. The number of amides is 2. The van der Waals surface area contributed by atoms with Gasteiger partial charge < -0.3 is 15.0 Å². The van der Waals surface area contributed by atoms with Crippen molar-refractivity contribution in [1.29, 1.82) is 0 Å². The van der Waals surface area contributed by atoms with Crippen molar-refractivity contribution in [3.8, 4) is 5.75 Å². The molecule has 0 unspecified atom stereocenters. The molecule has 1 heterocycles. The highest BCUT2D eigenvalue weighted by Crippen LogP contribution is 2.21. The van der Waals surface area contributed by atoms with E-state index in [1.807, 2.05) is 11.0 Å². The van der Waals surface area contributed by atoms with Gasteiger partial charge in [-0.3, -0.25) is 4.90 Å². The minimum absolute atomic E-state index is 0.110. The standard InChI is InChI=1S/C22H28FN3O2/c1-22(2,23)28-20-11-9-19(10-12-20)24-21(27)26-14-6-13-25(15-16-26)17-18-7-4-3-5-8-18/h3-5,7-12H,6,13-17H2,1-2H3,(H,24,27). The first kappa shape index (κ1) is 20.1. The minimum Gasteiger partial charge on any atom is -0.459 e. The average molecular weight is 385 g/mol. The van der Waals surface area contributed by atoms with E-state index >= 15 is 0 Å². The fourth-order valence-electron chi connectivity index (χ4n) is 3.26. The molecule has 1 aliphatic rings. The molecule has 1 N–H and O–H groups in total. The van der Waals surface area contributed by atoms with E-state index in [2.05, 4.69) is 34.5 Å². The number of nitrogens with one attached hydrogen (secondary N) is 1. The van der Waals surface area contributed by atoms with Crippen LogP contribution in [0.4, 0.5) is 14.9 Å². The third kappa shape index (κ3) is 6.23. The monoisotopic (exact) mass is 385 g/mol. The first-order valence-corrected chi connectivity index (χ1v) is 9.69. The number of carbonyl (C=O) groups excluding carboxylic acids is 1. The number of ether oxygens (including phenoxy) is 1. The summed E-state index contributed by atoms with van der Waals surface area (Å²) in [5, 5.41) is 2.91. The largest absolute Gasteiger partial charge is 0.459 e. The quantitative estimate of drug-likeness (QED) is 0.824. The number of halogens is 1. The molecule has 0 bridgehead atoms. The molecule has 0 radical (unpaired) electrons. The molecule has 1 aliphatic heterocycles. The Morgan fingerprint density at radius 3 is 2.43 bits per heavy atom. The first-order chi connectivity index (χ1) is 13.4. The van der Waals surface area contributed by atoms with E-state index in [-0.39, 0.29) is 6.03 Å². The van der Waals surface area contributed by atoms with Crippen molar-refractivity contribution < 1.29 is 13.9 Å². The molecule has 3 rings (SSSR count). The molecule has 6 heteroatoms. The Morgan fingerprint density at radius 1 is 1.04 bits per heavy atom. The Labute approximate surface area is 166 Å². The first-order valence-electron chi connectivity index (χ1n) is 9.69. The van der Waals surface area contributed by atoms with Gasteiger partial charge in [0.15, 0.2) is 0 Å². The summed E-state index contributed by atoms with van der Waals surface area (Å²) in [6.45, 7) is 6.85. The number of hydrogen-bond donors (Lipinski definition) is 1. The van der Waals surface area contributed by atoms with Crippen LogP contribution in [-0.2, 0) is 6.54 Å². The van der Waals surface area contributed by atoms with Crippen molar-refractivity contribution in [2.45, 2.75) is 32.7 Å². The van der Waals surface area contributed by atoms with Crippen LogP contribution in [0.5, 0.6) is 5.75 Å². The van der Waals surface area contributed by atoms with Crippen LogP contribution in [0, 0.1) is 0 Å². The van der Waals surface area contributed by atoms with E-state index in [4.69, 9.17) is 4.74 Å². The summed E-state index contributed by atoms with van der Waals surface area (Å²) >= 11 is 0. The van der Waals surface area contributed by atoms with E-state index in [0.717, 1.165) is 32.6 Å². The number of urea groups is 1. The summed E-state index contributed by atoms with van der Waals surface area (Å²) in [5.41, 5.74) is 1.96. The highest BCUT2D eigenvalue weighted by Gasteiger charge is 2.20. The zero-order valence-corrected chi connectivity index (χ0v) is 16.5. The van der Waals surface area contributed by atoms with Crippen LogP contribution in [-0.4, -0.2) is 47.9 Å². The second-order valence-electron chi connectivity index (χ2n) is 7.52. The van der Waals surface area contributed by atoms with Crippen LogP contribution >= 0.6 is 0 Å². The van der Waals surface area contributed by atoms with Gasteiger partial charge in [-0.05, 0) is 36.2 Å². The predicted molar refractivity (Wildman–Crippen MR) is 109 cm³/mol. The van der Waals surface area contributed by atoms with Crippen LogP contribution in [0.25, 0.3) is 0 Å². The number of alkyl halides is 1. The Kier molecular flexibility index (Phi) is 6.52. The van der Waals surface area contributed by atoms with E-state index < -0.39 is 5.85 Å². The maximum atomic E-state index is 13.5. The van der Waals surface area contributed by atoms with Crippen LogP contribution in [0.1, 0.15) is 25.8 Å². The van der Waals surface area contributed by atoms with Gasteiger partial charge in [0.2, 0.25) is 5.85 Å². The third-order valence-electron chi connectivity index (χ3n) is 4.59. The zero-order valence-electron chi connectivity index (χ0n) is 16.5. The van der Waals surface area contributed by atoms with Crippen molar-refractivity contribution in [3.05, 3.63) is 60.2 Å². The molecule has 2 aromatic carbocycles. The molecule has 2 amide bonds. The Balaban J connectivity index is 1.50. The molecule has 5 nitrogen and oxygen atoms in total. The summed E-state index contributed by atoms with van der Waals surface area (Å²) in [6, 6.07) is 17.0. The van der Waals surface area contributed by atoms with Gasteiger partial charge in [-0.25, -0.2) is 4.79 Å². The molecule has 150 valence electrons. The van der Waals surface area contributed by atoms with E-state index in [9.17, 15) is 9.18 Å². The number of carbonyl (C=O) groups is 1. The Hall–Kier alpha value is -2.60. The van der Waals surface area contributed by atoms with Crippen molar-refractivity contribution in [2.75, 3.05) is 31.5 Å². The van der Waals surface area contributed by atoms with Gasteiger partial charge in [0, 0.05) is 52.3 Å². The second kappa shape index (κ2) is 9.06. The molecule has 0 atom stereocenters. The van der Waals surface area contributed by atoms with Gasteiger partial charge in [0.1, 0.15) is 5.75 Å². The average Bonchev–Trinajstić information content (AvgIpc) is 2.89. The van der Waals surface area contributed by atoms with Gasteiger partial charge >= 0.3 is 6.03 Å². The normalized spacial score (nSPS) is 15.8. The summed E-state index contributed by atoms with van der Waals surface area (Å²) in [4.78, 5) is 16.8. The number of benzene rings is 2. The smallest absolute Gasteiger partial charge is 0.321 e. The van der Waals surface area contributed by atoms with E-state index in [1.54, 1.807) is 24.3 Å². The summed E-state index contributed by atoms with van der Waals surface area (Å²) < 4.78 is 18.7. The topological polar surface area (TPSA) is 44.8 Å². The zero-order chi connectivity index (χ0) is 20.0. The van der Waals surface area contributed by atoms with E-state index in [1.165, 1.54) is 19.4 Å². The molecule has 1 saturated heterocycles. The molecule has 0 aromatic heterocycles.